The van der Waals surface area contributed by atoms with Crippen molar-refractivity contribution in [1.82, 2.24) is 15.2 Å². The number of aromatic nitrogens is 1. The minimum atomic E-state index is -0.0538. The van der Waals surface area contributed by atoms with Gasteiger partial charge in [-0.15, -0.1) is 0 Å². The third kappa shape index (κ3) is 4.72. The van der Waals surface area contributed by atoms with Crippen molar-refractivity contribution in [2.75, 3.05) is 27.2 Å². The van der Waals surface area contributed by atoms with Crippen LogP contribution in [0.4, 0.5) is 0 Å². The van der Waals surface area contributed by atoms with Gasteiger partial charge in [0.25, 0.3) is 5.91 Å². The van der Waals surface area contributed by atoms with Crippen LogP contribution in [0.3, 0.4) is 0 Å². The summed E-state index contributed by atoms with van der Waals surface area (Å²) in [4.78, 5) is 17.7. The lowest BCUT2D eigenvalue weighted by atomic mass is 10.2. The molecule has 0 atom stereocenters. The molecule has 1 amide bonds. The summed E-state index contributed by atoms with van der Waals surface area (Å²) < 4.78 is 0.674. The van der Waals surface area contributed by atoms with Gasteiger partial charge in [-0.3, -0.25) is 4.79 Å². The molecule has 0 aliphatic heterocycles. The standard InChI is InChI=1S/C11H16BrN3O/c1-15(2)7-3-5-14-11(16)9-4-6-13-10(12)8-9/h4,6,8H,3,5,7H2,1-2H3,(H,14,16). The lowest BCUT2D eigenvalue weighted by molar-refractivity contribution is 0.0952. The average Bonchev–Trinajstić information content (AvgIpc) is 2.24. The zero-order chi connectivity index (χ0) is 12.0. The molecule has 16 heavy (non-hydrogen) atoms. The SMILES string of the molecule is CN(C)CCCNC(=O)c1ccnc(Br)c1. The van der Waals surface area contributed by atoms with Crippen LogP contribution < -0.4 is 5.32 Å². The molecule has 5 heteroatoms. The largest absolute Gasteiger partial charge is 0.352 e. The van der Waals surface area contributed by atoms with Crippen molar-refractivity contribution < 1.29 is 4.79 Å². The Kier molecular flexibility index (Phi) is 5.42. The summed E-state index contributed by atoms with van der Waals surface area (Å²) in [5.41, 5.74) is 0.631. The summed E-state index contributed by atoms with van der Waals surface area (Å²) in [6.07, 6.45) is 2.56. The van der Waals surface area contributed by atoms with Crippen molar-refractivity contribution >= 4 is 21.8 Å². The number of hydrogen-bond donors (Lipinski definition) is 1. The normalized spacial score (nSPS) is 10.5. The molecule has 1 aromatic rings. The van der Waals surface area contributed by atoms with Crippen molar-refractivity contribution in [1.29, 1.82) is 0 Å². The Hall–Kier alpha value is -0.940. The van der Waals surface area contributed by atoms with Gasteiger partial charge in [-0.1, -0.05) is 0 Å². The van der Waals surface area contributed by atoms with Crippen molar-refractivity contribution in [2.45, 2.75) is 6.42 Å². The van der Waals surface area contributed by atoms with Crippen LogP contribution in [0, 0.1) is 0 Å². The van der Waals surface area contributed by atoms with Crippen LogP contribution in [0.1, 0.15) is 16.8 Å². The summed E-state index contributed by atoms with van der Waals surface area (Å²) in [6.45, 7) is 1.66. The number of carbonyl (C=O) groups excluding carboxylic acids is 1. The molecule has 1 heterocycles. The third-order valence-corrected chi connectivity index (χ3v) is 2.49. The quantitative estimate of drug-likeness (QED) is 0.659. The van der Waals surface area contributed by atoms with E-state index in [1.807, 2.05) is 14.1 Å². The van der Waals surface area contributed by atoms with Gasteiger partial charge >= 0.3 is 0 Å². The molecule has 4 nitrogen and oxygen atoms in total. The summed E-state index contributed by atoms with van der Waals surface area (Å²) >= 11 is 3.23. The van der Waals surface area contributed by atoms with Gasteiger partial charge in [0.1, 0.15) is 4.60 Å². The molecule has 0 radical (unpaired) electrons. The minimum absolute atomic E-state index is 0.0538. The molecule has 1 aromatic heterocycles. The molecule has 1 N–H and O–H groups in total. The fourth-order valence-corrected chi connectivity index (χ4v) is 1.61. The monoisotopic (exact) mass is 285 g/mol. The second kappa shape index (κ2) is 6.60. The molecular weight excluding hydrogens is 270 g/mol. The Morgan fingerprint density at radius 3 is 2.94 bits per heavy atom. The number of nitrogens with one attached hydrogen (secondary N) is 1. The Morgan fingerprint density at radius 1 is 1.56 bits per heavy atom. The Morgan fingerprint density at radius 2 is 2.31 bits per heavy atom. The number of halogens is 1. The number of hydrogen-bond acceptors (Lipinski definition) is 3. The van der Waals surface area contributed by atoms with Gasteiger partial charge in [0.15, 0.2) is 0 Å². The Bertz CT molecular complexity index is 355. The highest BCUT2D eigenvalue weighted by Crippen LogP contribution is 2.07. The molecule has 88 valence electrons. The van der Waals surface area contributed by atoms with Crippen molar-refractivity contribution in [2.24, 2.45) is 0 Å². The maximum absolute atomic E-state index is 11.7. The molecule has 0 unspecified atom stereocenters. The van der Waals surface area contributed by atoms with Gasteiger partial charge in [0, 0.05) is 18.3 Å². The summed E-state index contributed by atoms with van der Waals surface area (Å²) in [5, 5.41) is 2.87. The second-order valence-corrected chi connectivity index (χ2v) is 4.59. The van der Waals surface area contributed by atoms with E-state index < -0.39 is 0 Å². The van der Waals surface area contributed by atoms with Crippen molar-refractivity contribution in [3.05, 3.63) is 28.5 Å². The van der Waals surface area contributed by atoms with Gasteiger partial charge in [-0.25, -0.2) is 4.98 Å². The highest BCUT2D eigenvalue weighted by molar-refractivity contribution is 9.10. The first-order valence-corrected chi connectivity index (χ1v) is 5.93. The molecule has 0 saturated heterocycles. The molecule has 0 aliphatic carbocycles. The number of amides is 1. The zero-order valence-electron chi connectivity index (χ0n) is 9.53. The molecule has 0 spiro atoms. The van der Waals surface area contributed by atoms with E-state index in [9.17, 15) is 4.79 Å². The first-order chi connectivity index (χ1) is 7.59. The van der Waals surface area contributed by atoms with Gasteiger partial charge in [0.05, 0.1) is 0 Å². The van der Waals surface area contributed by atoms with Gasteiger partial charge in [-0.2, -0.15) is 0 Å². The molecule has 1 rings (SSSR count). The minimum Gasteiger partial charge on any atom is -0.352 e. The molecular formula is C11H16BrN3O. The van der Waals surface area contributed by atoms with Gasteiger partial charge in [-0.05, 0) is 55.1 Å². The average molecular weight is 286 g/mol. The fourth-order valence-electron chi connectivity index (χ4n) is 1.24. The number of rotatable bonds is 5. The lowest BCUT2D eigenvalue weighted by Crippen LogP contribution is -2.27. The van der Waals surface area contributed by atoms with E-state index in [4.69, 9.17) is 0 Å². The summed E-state index contributed by atoms with van der Waals surface area (Å²) in [6, 6.07) is 3.41. The predicted molar refractivity (Wildman–Crippen MR) is 67.4 cm³/mol. The number of pyridine rings is 1. The number of carbonyl (C=O) groups is 1. The van der Waals surface area contributed by atoms with E-state index in [0.717, 1.165) is 13.0 Å². The first-order valence-electron chi connectivity index (χ1n) is 5.14. The molecule has 0 bridgehead atoms. The van der Waals surface area contributed by atoms with E-state index in [0.29, 0.717) is 16.7 Å². The van der Waals surface area contributed by atoms with Crippen LogP contribution in [-0.4, -0.2) is 43.0 Å². The Labute approximate surface area is 104 Å². The van der Waals surface area contributed by atoms with E-state index in [-0.39, 0.29) is 5.91 Å². The van der Waals surface area contributed by atoms with E-state index >= 15 is 0 Å². The maximum Gasteiger partial charge on any atom is 0.251 e. The van der Waals surface area contributed by atoms with Crippen LogP contribution in [0.15, 0.2) is 22.9 Å². The smallest absolute Gasteiger partial charge is 0.251 e. The van der Waals surface area contributed by atoms with Crippen LogP contribution in [0.25, 0.3) is 0 Å². The highest BCUT2D eigenvalue weighted by atomic mass is 79.9. The maximum atomic E-state index is 11.7. The van der Waals surface area contributed by atoms with Crippen molar-refractivity contribution in [3.8, 4) is 0 Å². The van der Waals surface area contributed by atoms with Crippen LogP contribution in [-0.2, 0) is 0 Å². The molecule has 0 aromatic carbocycles. The summed E-state index contributed by atoms with van der Waals surface area (Å²) in [7, 11) is 4.03. The second-order valence-electron chi connectivity index (χ2n) is 3.78. The highest BCUT2D eigenvalue weighted by Gasteiger charge is 2.04. The fraction of sp³-hybridized carbons (Fsp3) is 0.455. The van der Waals surface area contributed by atoms with Crippen molar-refractivity contribution in [3.63, 3.8) is 0 Å². The molecule has 0 aliphatic rings. The predicted octanol–water partition coefficient (Wildman–Crippen LogP) is 1.53. The third-order valence-electron chi connectivity index (χ3n) is 2.06. The molecule has 0 saturated carbocycles. The van der Waals surface area contributed by atoms with Crippen LogP contribution in [0.5, 0.6) is 0 Å². The van der Waals surface area contributed by atoms with E-state index in [2.05, 4.69) is 31.1 Å². The van der Waals surface area contributed by atoms with E-state index in [1.165, 1.54) is 0 Å². The number of nitrogens with zero attached hydrogens (tertiary/aromatic N) is 2. The Balaban J connectivity index is 2.35. The van der Waals surface area contributed by atoms with E-state index in [1.54, 1.807) is 18.3 Å². The lowest BCUT2D eigenvalue weighted by Gasteiger charge is -2.09. The van der Waals surface area contributed by atoms with Gasteiger partial charge in [0.2, 0.25) is 0 Å². The van der Waals surface area contributed by atoms with Gasteiger partial charge < -0.3 is 10.2 Å². The molecule has 0 fully saturated rings. The zero-order valence-corrected chi connectivity index (χ0v) is 11.1. The van der Waals surface area contributed by atoms with Crippen LogP contribution in [0.2, 0.25) is 0 Å². The van der Waals surface area contributed by atoms with Crippen LogP contribution >= 0.6 is 15.9 Å². The summed E-state index contributed by atoms with van der Waals surface area (Å²) in [5.74, 6) is -0.0538. The first kappa shape index (κ1) is 13.1. The topological polar surface area (TPSA) is 45.2 Å².